The summed E-state index contributed by atoms with van der Waals surface area (Å²) in [5.74, 6) is 0. The van der Waals surface area contributed by atoms with Crippen LogP contribution in [0.25, 0.3) is 0 Å². The zero-order chi connectivity index (χ0) is 10.8. The molecule has 4 unspecified atom stereocenters. The van der Waals surface area contributed by atoms with Crippen LogP contribution in [0, 0.1) is 0 Å². The molecule has 5 aliphatic rings. The van der Waals surface area contributed by atoms with Crippen molar-refractivity contribution in [3.05, 3.63) is 0 Å². The Kier molecular flexibility index (Phi) is 1.64. The highest BCUT2D eigenvalue weighted by Crippen LogP contribution is 2.37. The van der Waals surface area contributed by atoms with Gasteiger partial charge in [0.2, 0.25) is 0 Å². The summed E-state index contributed by atoms with van der Waals surface area (Å²) in [4.78, 5) is 19.9. The molecule has 1 spiro atoms. The first-order chi connectivity index (χ1) is 7.76. The highest BCUT2D eigenvalue weighted by atomic mass is 16.9. The minimum absolute atomic E-state index is 0.558. The van der Waals surface area contributed by atoms with Crippen LogP contribution in [0.5, 0.6) is 0 Å². The lowest BCUT2D eigenvalue weighted by Gasteiger charge is -2.49. The Morgan fingerprint density at radius 2 is 1.44 bits per heavy atom. The van der Waals surface area contributed by atoms with Crippen LogP contribution in [0.4, 0.5) is 4.79 Å². The molecule has 5 saturated heterocycles. The summed E-state index contributed by atoms with van der Waals surface area (Å²) in [5.41, 5.74) is 0. The lowest BCUT2D eigenvalue weighted by atomic mass is 10.4. The molecule has 0 aromatic carbocycles. The molecule has 0 aromatic heterocycles. The standard InChI is InChI=1S/C9H14N4O3/c14-8-15-9(16-8)12-3-1-10-5-11(7-12)2-4-13(9)6-10/h1-7H2. The molecule has 0 aromatic rings. The molecule has 0 aliphatic carbocycles. The number of hydrogen-bond donors (Lipinski definition) is 0. The van der Waals surface area contributed by atoms with E-state index in [0.717, 1.165) is 46.2 Å². The molecule has 4 bridgehead atoms. The average Bonchev–Trinajstić information content (AvgIpc) is 2.63. The van der Waals surface area contributed by atoms with Crippen molar-refractivity contribution in [2.75, 3.05) is 46.2 Å². The van der Waals surface area contributed by atoms with E-state index in [1.807, 2.05) is 0 Å². The highest BCUT2D eigenvalue weighted by Gasteiger charge is 2.62. The molecule has 4 atom stereocenters. The third-order valence-electron chi connectivity index (χ3n) is 3.75. The predicted molar refractivity (Wildman–Crippen MR) is 51.7 cm³/mol. The highest BCUT2D eigenvalue weighted by molar-refractivity contribution is 5.65. The Labute approximate surface area is 93.1 Å². The van der Waals surface area contributed by atoms with Crippen molar-refractivity contribution in [2.45, 2.75) is 6.03 Å². The summed E-state index contributed by atoms with van der Waals surface area (Å²) in [5, 5.41) is 0. The topological polar surface area (TPSA) is 48.5 Å². The minimum Gasteiger partial charge on any atom is -0.362 e. The van der Waals surface area contributed by atoms with E-state index in [4.69, 9.17) is 9.47 Å². The van der Waals surface area contributed by atoms with E-state index in [-0.39, 0.29) is 0 Å². The van der Waals surface area contributed by atoms with E-state index in [9.17, 15) is 4.79 Å². The molecule has 0 N–H and O–H groups in total. The molecule has 5 fully saturated rings. The Hall–Kier alpha value is -0.890. The number of fused-ring (bicyclic) bond motifs is 2. The first-order valence-electron chi connectivity index (χ1n) is 5.63. The maximum absolute atomic E-state index is 11.0. The van der Waals surface area contributed by atoms with Gasteiger partial charge >= 0.3 is 12.2 Å². The first-order valence-corrected chi connectivity index (χ1v) is 5.63. The van der Waals surface area contributed by atoms with Gasteiger partial charge in [0, 0.05) is 26.2 Å². The van der Waals surface area contributed by atoms with Crippen LogP contribution >= 0.6 is 0 Å². The van der Waals surface area contributed by atoms with Crippen LogP contribution in [0.2, 0.25) is 0 Å². The van der Waals surface area contributed by atoms with Gasteiger partial charge in [-0.15, -0.1) is 0 Å². The van der Waals surface area contributed by atoms with Gasteiger partial charge in [0.25, 0.3) is 0 Å². The normalized spacial score (nSPS) is 47.9. The SMILES string of the molecule is O=C1OC2(O1)N1CCN3CN(CCN2C3)C1. The van der Waals surface area contributed by atoms with Crippen LogP contribution in [-0.4, -0.2) is 78.0 Å². The number of carbonyl (C=O) groups is 1. The average molecular weight is 226 g/mol. The number of carbonyl (C=O) groups excluding carboxylic acids is 1. The van der Waals surface area contributed by atoms with Gasteiger partial charge in [-0.05, 0) is 0 Å². The summed E-state index contributed by atoms with van der Waals surface area (Å²) < 4.78 is 10.6. The van der Waals surface area contributed by atoms with Crippen molar-refractivity contribution in [3.8, 4) is 0 Å². The summed E-state index contributed by atoms with van der Waals surface area (Å²) >= 11 is 0. The number of nitrogens with zero attached hydrogens (tertiary/aromatic N) is 4. The van der Waals surface area contributed by atoms with Gasteiger partial charge in [0.05, 0.1) is 20.0 Å². The second kappa shape index (κ2) is 2.86. The number of hydrogen-bond acceptors (Lipinski definition) is 7. The van der Waals surface area contributed by atoms with E-state index in [0.29, 0.717) is 0 Å². The van der Waals surface area contributed by atoms with Crippen LogP contribution in [0.3, 0.4) is 0 Å². The van der Waals surface area contributed by atoms with Gasteiger partial charge in [0.1, 0.15) is 0 Å². The smallest absolute Gasteiger partial charge is 0.362 e. The van der Waals surface area contributed by atoms with Crippen molar-refractivity contribution >= 4 is 6.16 Å². The lowest BCUT2D eigenvalue weighted by Crippen LogP contribution is -2.71. The molecular weight excluding hydrogens is 212 g/mol. The summed E-state index contributed by atoms with van der Waals surface area (Å²) in [6.07, 6.45) is -0.558. The van der Waals surface area contributed by atoms with Crippen LogP contribution < -0.4 is 0 Å². The molecule has 88 valence electrons. The first kappa shape index (κ1) is 9.17. The molecule has 7 nitrogen and oxygen atoms in total. The van der Waals surface area contributed by atoms with Crippen LogP contribution in [-0.2, 0) is 9.47 Å². The number of ether oxygens (including phenoxy) is 2. The Morgan fingerprint density at radius 1 is 0.875 bits per heavy atom. The predicted octanol–water partition coefficient (Wildman–Crippen LogP) is -1.11. The van der Waals surface area contributed by atoms with Gasteiger partial charge in [-0.3, -0.25) is 9.80 Å². The molecule has 0 saturated carbocycles. The molecule has 5 rings (SSSR count). The molecule has 16 heavy (non-hydrogen) atoms. The van der Waals surface area contributed by atoms with Gasteiger partial charge in [-0.25, -0.2) is 14.6 Å². The fourth-order valence-corrected chi connectivity index (χ4v) is 2.95. The molecule has 7 heteroatoms. The van der Waals surface area contributed by atoms with E-state index in [1.54, 1.807) is 0 Å². The van der Waals surface area contributed by atoms with Crippen LogP contribution in [0.1, 0.15) is 0 Å². The lowest BCUT2D eigenvalue weighted by molar-refractivity contribution is -0.412. The van der Waals surface area contributed by atoms with E-state index in [2.05, 4.69) is 19.6 Å². The molecule has 5 aliphatic heterocycles. The van der Waals surface area contributed by atoms with Gasteiger partial charge in [-0.2, -0.15) is 0 Å². The Balaban J connectivity index is 1.75. The summed E-state index contributed by atoms with van der Waals surface area (Å²) in [7, 11) is 0. The Morgan fingerprint density at radius 3 is 1.94 bits per heavy atom. The summed E-state index contributed by atoms with van der Waals surface area (Å²) in [6.45, 7) is 6.35. The zero-order valence-electron chi connectivity index (χ0n) is 8.96. The van der Waals surface area contributed by atoms with Crippen molar-refractivity contribution in [3.63, 3.8) is 0 Å². The van der Waals surface area contributed by atoms with Gasteiger partial charge < -0.3 is 9.47 Å². The van der Waals surface area contributed by atoms with Crippen molar-refractivity contribution in [1.29, 1.82) is 0 Å². The fourth-order valence-electron chi connectivity index (χ4n) is 2.95. The molecule has 5 heterocycles. The molecular formula is C9H14N4O3. The number of rotatable bonds is 0. The van der Waals surface area contributed by atoms with Gasteiger partial charge in [-0.1, -0.05) is 0 Å². The molecule has 0 amide bonds. The third-order valence-corrected chi connectivity index (χ3v) is 3.75. The van der Waals surface area contributed by atoms with E-state index >= 15 is 0 Å². The van der Waals surface area contributed by atoms with E-state index < -0.39 is 12.2 Å². The molecule has 0 radical (unpaired) electrons. The summed E-state index contributed by atoms with van der Waals surface area (Å²) in [6, 6.07) is -0.902. The fraction of sp³-hybridized carbons (Fsp3) is 0.889. The Bertz CT molecular complexity index is 320. The van der Waals surface area contributed by atoms with Gasteiger partial charge in [0.15, 0.2) is 0 Å². The monoisotopic (exact) mass is 226 g/mol. The second-order valence-electron chi connectivity index (χ2n) is 4.74. The maximum atomic E-state index is 11.0. The quantitative estimate of drug-likeness (QED) is 0.485. The third kappa shape index (κ3) is 1.03. The van der Waals surface area contributed by atoms with E-state index in [1.165, 1.54) is 0 Å². The van der Waals surface area contributed by atoms with Crippen molar-refractivity contribution in [1.82, 2.24) is 19.6 Å². The van der Waals surface area contributed by atoms with Crippen molar-refractivity contribution in [2.24, 2.45) is 0 Å². The second-order valence-corrected chi connectivity index (χ2v) is 4.74. The minimum atomic E-state index is -0.902. The largest absolute Gasteiger partial charge is 0.519 e. The van der Waals surface area contributed by atoms with Crippen LogP contribution in [0.15, 0.2) is 0 Å². The zero-order valence-corrected chi connectivity index (χ0v) is 8.96. The maximum Gasteiger partial charge on any atom is 0.519 e. The van der Waals surface area contributed by atoms with Crippen molar-refractivity contribution < 1.29 is 14.3 Å².